The van der Waals surface area contributed by atoms with Crippen LogP contribution in [0.5, 0.6) is 0 Å². The zero-order chi connectivity index (χ0) is 13.4. The molecule has 2 atom stereocenters. The Hall–Kier alpha value is -1.24. The van der Waals surface area contributed by atoms with Crippen molar-refractivity contribution in [2.75, 3.05) is 13.1 Å². The molecule has 19 heavy (non-hydrogen) atoms. The first-order chi connectivity index (χ1) is 9.11. The number of H-pyrrole nitrogens is 1. The van der Waals surface area contributed by atoms with Gasteiger partial charge in [0, 0.05) is 25.2 Å². The van der Waals surface area contributed by atoms with Gasteiger partial charge in [-0.1, -0.05) is 0 Å². The molecule has 0 aromatic carbocycles. The molecule has 0 spiro atoms. The van der Waals surface area contributed by atoms with Crippen LogP contribution in [-0.2, 0) is 6.54 Å². The molecule has 2 N–H and O–H groups in total. The minimum Gasteiger partial charge on any atom is -0.309 e. The smallest absolute Gasteiger partial charge is 0.268 e. The van der Waals surface area contributed by atoms with Crippen molar-refractivity contribution in [3.8, 4) is 0 Å². The molecule has 102 valence electrons. The predicted octanol–water partition coefficient (Wildman–Crippen LogP) is 1.17. The summed E-state index contributed by atoms with van der Waals surface area (Å²) in [6.45, 7) is 7.03. The van der Waals surface area contributed by atoms with Crippen LogP contribution in [-0.4, -0.2) is 40.0 Å². The maximum atomic E-state index is 11.9. The summed E-state index contributed by atoms with van der Waals surface area (Å²) in [5, 5.41) is 5.41. The topological polar surface area (TPSA) is 61.0 Å². The van der Waals surface area contributed by atoms with Crippen LogP contribution in [0.4, 0.5) is 0 Å². The SMILES string of the molecule is CC1CN(Cc2nc3ccsc3c(=O)[nH]2)CC(C)N1. The van der Waals surface area contributed by atoms with Gasteiger partial charge in [0.05, 0.1) is 12.1 Å². The number of thiophene rings is 1. The fourth-order valence-electron chi connectivity index (χ4n) is 2.78. The molecule has 3 heterocycles. The molecule has 0 aliphatic carbocycles. The maximum absolute atomic E-state index is 11.9. The molecule has 6 heteroatoms. The average Bonchev–Trinajstić information content (AvgIpc) is 2.75. The Morgan fingerprint density at radius 3 is 2.89 bits per heavy atom. The first-order valence-corrected chi connectivity index (χ1v) is 7.44. The molecular weight excluding hydrogens is 260 g/mol. The molecule has 0 amide bonds. The molecular formula is C13H18N4OS. The van der Waals surface area contributed by atoms with Crippen LogP contribution in [0.3, 0.4) is 0 Å². The van der Waals surface area contributed by atoms with Gasteiger partial charge >= 0.3 is 0 Å². The molecule has 1 aliphatic rings. The molecule has 5 nitrogen and oxygen atoms in total. The molecule has 2 aromatic heterocycles. The van der Waals surface area contributed by atoms with Crippen molar-refractivity contribution < 1.29 is 0 Å². The molecule has 2 aromatic rings. The highest BCUT2D eigenvalue weighted by molar-refractivity contribution is 7.17. The minimum absolute atomic E-state index is 0.0220. The lowest BCUT2D eigenvalue weighted by Crippen LogP contribution is -2.53. The Morgan fingerprint density at radius 2 is 2.16 bits per heavy atom. The monoisotopic (exact) mass is 278 g/mol. The Balaban J connectivity index is 1.83. The minimum atomic E-state index is -0.0220. The number of aromatic amines is 1. The molecule has 0 saturated carbocycles. The second-order valence-corrected chi connectivity index (χ2v) is 6.23. The van der Waals surface area contributed by atoms with Gasteiger partial charge < -0.3 is 10.3 Å². The summed E-state index contributed by atoms with van der Waals surface area (Å²) in [7, 11) is 0. The standard InChI is InChI=1S/C13H18N4OS/c1-8-5-17(6-9(2)14-8)7-11-15-10-3-4-19-12(10)13(18)16-11/h3-4,8-9,14H,5-7H2,1-2H3,(H,15,16,18). The number of nitrogens with one attached hydrogen (secondary N) is 2. The summed E-state index contributed by atoms with van der Waals surface area (Å²) >= 11 is 1.44. The van der Waals surface area contributed by atoms with Crippen molar-refractivity contribution in [2.45, 2.75) is 32.5 Å². The third-order valence-corrected chi connectivity index (χ3v) is 4.27. The summed E-state index contributed by atoms with van der Waals surface area (Å²) in [4.78, 5) is 21.7. The quantitative estimate of drug-likeness (QED) is 0.865. The van der Waals surface area contributed by atoms with Gasteiger partial charge in [0.2, 0.25) is 0 Å². The third-order valence-electron chi connectivity index (χ3n) is 3.37. The van der Waals surface area contributed by atoms with Gasteiger partial charge in [0.15, 0.2) is 0 Å². The van der Waals surface area contributed by atoms with Crippen LogP contribution in [0.15, 0.2) is 16.2 Å². The van der Waals surface area contributed by atoms with E-state index in [0.29, 0.717) is 23.3 Å². The van der Waals surface area contributed by atoms with E-state index in [1.165, 1.54) is 11.3 Å². The highest BCUT2D eigenvalue weighted by Gasteiger charge is 2.21. The lowest BCUT2D eigenvalue weighted by Gasteiger charge is -2.35. The second-order valence-electron chi connectivity index (χ2n) is 5.31. The van der Waals surface area contributed by atoms with Crippen LogP contribution in [0.2, 0.25) is 0 Å². The van der Waals surface area contributed by atoms with Crippen LogP contribution in [0, 0.1) is 0 Å². The van der Waals surface area contributed by atoms with E-state index in [2.05, 4.69) is 34.0 Å². The summed E-state index contributed by atoms with van der Waals surface area (Å²) in [5.41, 5.74) is 0.784. The van der Waals surface area contributed by atoms with Crippen molar-refractivity contribution in [3.05, 3.63) is 27.6 Å². The van der Waals surface area contributed by atoms with Gasteiger partial charge in [-0.3, -0.25) is 9.69 Å². The molecule has 3 rings (SSSR count). The fourth-order valence-corrected chi connectivity index (χ4v) is 3.50. The Kier molecular flexibility index (Phi) is 3.38. The molecule has 0 radical (unpaired) electrons. The second kappa shape index (κ2) is 5.03. The number of hydrogen-bond acceptors (Lipinski definition) is 5. The number of fused-ring (bicyclic) bond motifs is 1. The van der Waals surface area contributed by atoms with E-state index in [1.54, 1.807) is 0 Å². The van der Waals surface area contributed by atoms with Crippen molar-refractivity contribution in [3.63, 3.8) is 0 Å². The highest BCUT2D eigenvalue weighted by atomic mass is 32.1. The van der Waals surface area contributed by atoms with Crippen LogP contribution in [0.25, 0.3) is 10.2 Å². The third kappa shape index (κ3) is 2.70. The van der Waals surface area contributed by atoms with E-state index in [4.69, 9.17) is 0 Å². The largest absolute Gasteiger partial charge is 0.309 e. The number of hydrogen-bond donors (Lipinski definition) is 2. The molecule has 2 unspecified atom stereocenters. The van der Waals surface area contributed by atoms with Crippen molar-refractivity contribution in [1.29, 1.82) is 0 Å². The normalized spacial score (nSPS) is 24.9. The zero-order valence-electron chi connectivity index (χ0n) is 11.1. The number of aromatic nitrogens is 2. The Labute approximate surface area is 115 Å². The van der Waals surface area contributed by atoms with Crippen LogP contribution >= 0.6 is 11.3 Å². The summed E-state index contributed by atoms with van der Waals surface area (Å²) in [5.74, 6) is 0.761. The van der Waals surface area contributed by atoms with Gasteiger partial charge in [-0.25, -0.2) is 4.98 Å². The summed E-state index contributed by atoms with van der Waals surface area (Å²) in [6.07, 6.45) is 0. The van der Waals surface area contributed by atoms with Crippen LogP contribution in [0.1, 0.15) is 19.7 Å². The van der Waals surface area contributed by atoms with E-state index in [9.17, 15) is 4.79 Å². The van der Waals surface area contributed by atoms with Gasteiger partial charge in [-0.05, 0) is 25.3 Å². The van der Waals surface area contributed by atoms with Gasteiger partial charge in [0.1, 0.15) is 10.5 Å². The molecule has 1 fully saturated rings. The summed E-state index contributed by atoms with van der Waals surface area (Å²) < 4.78 is 0.714. The lowest BCUT2D eigenvalue weighted by atomic mass is 10.1. The van der Waals surface area contributed by atoms with E-state index in [-0.39, 0.29) is 5.56 Å². The zero-order valence-corrected chi connectivity index (χ0v) is 12.0. The fraction of sp³-hybridized carbons (Fsp3) is 0.538. The van der Waals surface area contributed by atoms with Crippen molar-refractivity contribution in [2.24, 2.45) is 0 Å². The van der Waals surface area contributed by atoms with E-state index >= 15 is 0 Å². The van der Waals surface area contributed by atoms with E-state index < -0.39 is 0 Å². The number of piperazine rings is 1. The molecule has 1 aliphatic heterocycles. The maximum Gasteiger partial charge on any atom is 0.268 e. The highest BCUT2D eigenvalue weighted by Crippen LogP contribution is 2.14. The van der Waals surface area contributed by atoms with E-state index in [0.717, 1.165) is 24.4 Å². The Bertz CT molecular complexity index is 625. The van der Waals surface area contributed by atoms with Crippen molar-refractivity contribution in [1.82, 2.24) is 20.2 Å². The number of rotatable bonds is 2. The predicted molar refractivity (Wildman–Crippen MR) is 77.6 cm³/mol. The van der Waals surface area contributed by atoms with E-state index in [1.807, 2.05) is 11.4 Å². The first-order valence-electron chi connectivity index (χ1n) is 6.56. The molecule has 1 saturated heterocycles. The Morgan fingerprint density at radius 1 is 1.42 bits per heavy atom. The van der Waals surface area contributed by atoms with Gasteiger partial charge in [-0.2, -0.15) is 0 Å². The van der Waals surface area contributed by atoms with Gasteiger partial charge in [-0.15, -0.1) is 11.3 Å². The number of nitrogens with zero attached hydrogens (tertiary/aromatic N) is 2. The van der Waals surface area contributed by atoms with Gasteiger partial charge in [0.25, 0.3) is 5.56 Å². The average molecular weight is 278 g/mol. The first kappa shape index (κ1) is 12.8. The summed E-state index contributed by atoms with van der Waals surface area (Å²) in [6, 6.07) is 2.85. The van der Waals surface area contributed by atoms with Crippen molar-refractivity contribution >= 4 is 21.6 Å². The lowest BCUT2D eigenvalue weighted by molar-refractivity contribution is 0.163. The molecule has 0 bridgehead atoms. The van der Waals surface area contributed by atoms with Crippen LogP contribution < -0.4 is 10.9 Å².